The van der Waals surface area contributed by atoms with E-state index in [0.717, 1.165) is 19.3 Å². The van der Waals surface area contributed by atoms with Crippen molar-refractivity contribution >= 4 is 5.78 Å². The van der Waals surface area contributed by atoms with Crippen molar-refractivity contribution in [3.8, 4) is 0 Å². The molecule has 0 aromatic heterocycles. The number of carbonyl (C=O) groups excluding carboxylic acids is 1. The highest BCUT2D eigenvalue weighted by Gasteiger charge is 2.42. The van der Waals surface area contributed by atoms with Crippen LogP contribution in [0.15, 0.2) is 0 Å². The van der Waals surface area contributed by atoms with E-state index in [1.165, 1.54) is 89.9 Å². The number of ketones is 1. The number of carbonyl (C=O) groups is 1. The van der Waals surface area contributed by atoms with Crippen molar-refractivity contribution in [3.63, 3.8) is 0 Å². The summed E-state index contributed by atoms with van der Waals surface area (Å²) in [6, 6.07) is 0. The Labute approximate surface area is 178 Å². The summed E-state index contributed by atoms with van der Waals surface area (Å²) in [6.07, 6.45) is 17.6. The molecule has 1 aliphatic heterocycles. The van der Waals surface area contributed by atoms with Crippen molar-refractivity contribution in [2.75, 3.05) is 0 Å². The Bertz CT molecular complexity index is 401. The molecule has 172 valence electrons. The second kappa shape index (κ2) is 17.2. The van der Waals surface area contributed by atoms with Gasteiger partial charge in [0.1, 0.15) is 6.10 Å². The molecule has 4 atom stereocenters. The zero-order valence-electron chi connectivity index (χ0n) is 18.7. The smallest absolute Gasteiger partial charge is 0.197 e. The van der Waals surface area contributed by atoms with E-state index < -0.39 is 30.4 Å². The zero-order valence-corrected chi connectivity index (χ0v) is 18.7. The van der Waals surface area contributed by atoms with E-state index in [0.29, 0.717) is 6.42 Å². The predicted molar refractivity (Wildman–Crippen MR) is 117 cm³/mol. The molecule has 0 aliphatic carbocycles. The number of Topliss-reactive ketones (excluding diaryl/α,β-unsaturated/α-hetero) is 1. The number of aliphatic hydroxyl groups excluding tert-OH is 3. The number of unbranched alkanes of at least 4 members (excludes halogenated alkanes) is 16. The van der Waals surface area contributed by atoms with Gasteiger partial charge >= 0.3 is 0 Å². The van der Waals surface area contributed by atoms with Crippen molar-refractivity contribution in [1.29, 1.82) is 0 Å². The Morgan fingerprint density at radius 3 is 1.41 bits per heavy atom. The van der Waals surface area contributed by atoms with Gasteiger partial charge in [0.05, 0.1) is 6.10 Å². The quantitative estimate of drug-likeness (QED) is 0.274. The number of hydrogen-bond acceptors (Lipinski definition) is 5. The maximum Gasteiger partial charge on any atom is 0.197 e. The highest BCUT2D eigenvalue weighted by atomic mass is 16.6. The van der Waals surface area contributed by atoms with Crippen LogP contribution in [0.1, 0.15) is 122 Å². The van der Waals surface area contributed by atoms with Gasteiger partial charge < -0.3 is 20.1 Å². The predicted octanol–water partition coefficient (Wildman–Crippen LogP) is 5.04. The molecule has 5 nitrogen and oxygen atoms in total. The van der Waals surface area contributed by atoms with Crippen LogP contribution in [0.4, 0.5) is 0 Å². The van der Waals surface area contributed by atoms with Crippen LogP contribution < -0.4 is 0 Å². The zero-order chi connectivity index (χ0) is 21.3. The molecule has 1 aliphatic rings. The molecule has 3 N–H and O–H groups in total. The van der Waals surface area contributed by atoms with E-state index in [2.05, 4.69) is 6.92 Å². The normalized spacial score (nSPS) is 24.9. The van der Waals surface area contributed by atoms with E-state index in [1.54, 1.807) is 0 Å². The second-order valence-corrected chi connectivity index (χ2v) is 8.80. The Morgan fingerprint density at radius 2 is 1.00 bits per heavy atom. The van der Waals surface area contributed by atoms with Crippen LogP contribution in [0.3, 0.4) is 0 Å². The number of rotatable bonds is 18. The van der Waals surface area contributed by atoms with Gasteiger partial charge in [-0.2, -0.15) is 0 Å². The summed E-state index contributed by atoms with van der Waals surface area (Å²) >= 11 is 0. The largest absolute Gasteiger partial charge is 0.382 e. The molecule has 0 bridgehead atoms. The fourth-order valence-electron chi connectivity index (χ4n) is 4.12. The van der Waals surface area contributed by atoms with Crippen LogP contribution in [0.25, 0.3) is 0 Å². The monoisotopic (exact) mass is 414 g/mol. The summed E-state index contributed by atoms with van der Waals surface area (Å²) in [5.41, 5.74) is 0. The summed E-state index contributed by atoms with van der Waals surface area (Å²) in [5.74, 6) is -0.735. The third-order valence-electron chi connectivity index (χ3n) is 6.11. The third-order valence-corrected chi connectivity index (χ3v) is 6.11. The number of hydrogen-bond donors (Lipinski definition) is 3. The Balaban J connectivity index is 1.82. The molecule has 0 aromatic rings. The van der Waals surface area contributed by atoms with Crippen molar-refractivity contribution in [2.45, 2.75) is 147 Å². The minimum atomic E-state index is -1.63. The van der Waals surface area contributed by atoms with Crippen LogP contribution in [0.2, 0.25) is 0 Å². The van der Waals surface area contributed by atoms with Gasteiger partial charge in [-0.3, -0.25) is 4.79 Å². The molecule has 4 unspecified atom stereocenters. The summed E-state index contributed by atoms with van der Waals surface area (Å²) in [5, 5.41) is 28.7. The van der Waals surface area contributed by atoms with Gasteiger partial charge in [-0.15, -0.1) is 0 Å². The molecule has 0 aromatic carbocycles. The topological polar surface area (TPSA) is 87.0 Å². The number of ether oxygens (including phenoxy) is 1. The molecule has 0 saturated carbocycles. The lowest BCUT2D eigenvalue weighted by Gasteiger charge is -2.33. The molecular weight excluding hydrogens is 368 g/mol. The molecule has 1 rings (SSSR count). The van der Waals surface area contributed by atoms with Crippen LogP contribution in [-0.2, 0) is 9.53 Å². The van der Waals surface area contributed by atoms with E-state index in [9.17, 15) is 20.1 Å². The van der Waals surface area contributed by atoms with Crippen LogP contribution in [-0.4, -0.2) is 45.7 Å². The fraction of sp³-hybridized carbons (Fsp3) is 0.958. The second-order valence-electron chi connectivity index (χ2n) is 8.80. The van der Waals surface area contributed by atoms with Crippen LogP contribution in [0.5, 0.6) is 0 Å². The van der Waals surface area contributed by atoms with Gasteiger partial charge in [0.25, 0.3) is 0 Å². The first-order valence-corrected chi connectivity index (χ1v) is 12.3. The van der Waals surface area contributed by atoms with E-state index in [1.807, 2.05) is 0 Å². The maximum atomic E-state index is 11.6. The highest BCUT2D eigenvalue weighted by molar-refractivity contribution is 5.88. The molecule has 29 heavy (non-hydrogen) atoms. The minimum absolute atomic E-state index is 0.537. The average Bonchev–Trinajstić information content (AvgIpc) is 2.72. The van der Waals surface area contributed by atoms with Crippen molar-refractivity contribution in [2.24, 2.45) is 0 Å². The van der Waals surface area contributed by atoms with Gasteiger partial charge in [0, 0.05) is 0 Å². The van der Waals surface area contributed by atoms with Gasteiger partial charge in [-0.1, -0.05) is 116 Å². The first-order chi connectivity index (χ1) is 14.1. The van der Waals surface area contributed by atoms with Crippen molar-refractivity contribution in [3.05, 3.63) is 0 Å². The van der Waals surface area contributed by atoms with E-state index in [4.69, 9.17) is 4.74 Å². The Morgan fingerprint density at radius 1 is 0.621 bits per heavy atom. The van der Waals surface area contributed by atoms with Gasteiger partial charge in [-0.25, -0.2) is 0 Å². The third kappa shape index (κ3) is 12.1. The van der Waals surface area contributed by atoms with Gasteiger partial charge in [-0.05, 0) is 6.42 Å². The fourth-order valence-corrected chi connectivity index (χ4v) is 4.12. The highest BCUT2D eigenvalue weighted by Crippen LogP contribution is 2.21. The molecule has 0 amide bonds. The van der Waals surface area contributed by atoms with Crippen LogP contribution in [0, 0.1) is 0 Å². The minimum Gasteiger partial charge on any atom is -0.382 e. The van der Waals surface area contributed by atoms with Crippen LogP contribution >= 0.6 is 0 Å². The molecule has 5 heteroatoms. The van der Waals surface area contributed by atoms with Crippen molar-refractivity contribution < 1.29 is 24.9 Å². The molecule has 1 heterocycles. The standard InChI is InChI=1S/C24H46O5/c1-2-3-4-5-6-7-8-9-10-11-12-13-14-15-16-17-18-19-20-21(25)22(26)23(27)24(28)29-20/h20-21,23-25,27-28H,2-19H2,1H3. The maximum absolute atomic E-state index is 11.6. The van der Waals surface area contributed by atoms with Crippen molar-refractivity contribution in [1.82, 2.24) is 0 Å². The SMILES string of the molecule is CCCCCCCCCCCCCCCCCCCC1OC(O)C(O)C(=O)C1O. The van der Waals surface area contributed by atoms with E-state index >= 15 is 0 Å². The van der Waals surface area contributed by atoms with Gasteiger partial charge in [0.2, 0.25) is 0 Å². The lowest BCUT2D eigenvalue weighted by molar-refractivity contribution is -0.234. The van der Waals surface area contributed by atoms with E-state index in [-0.39, 0.29) is 0 Å². The summed E-state index contributed by atoms with van der Waals surface area (Å²) < 4.78 is 5.14. The lowest BCUT2D eigenvalue weighted by Crippen LogP contribution is -2.54. The lowest BCUT2D eigenvalue weighted by atomic mass is 9.96. The molecular formula is C24H46O5. The summed E-state index contributed by atoms with van der Waals surface area (Å²) in [4.78, 5) is 11.6. The first-order valence-electron chi connectivity index (χ1n) is 12.3. The molecule has 0 spiro atoms. The molecule has 1 fully saturated rings. The molecule has 1 saturated heterocycles. The average molecular weight is 415 g/mol. The first kappa shape index (κ1) is 26.5. The Hall–Kier alpha value is -0.490. The summed E-state index contributed by atoms with van der Waals surface area (Å²) in [7, 11) is 0. The molecule has 0 radical (unpaired) electrons. The summed E-state index contributed by atoms with van der Waals surface area (Å²) in [6.45, 7) is 2.27. The Kier molecular flexibility index (Phi) is 15.8. The number of aliphatic hydroxyl groups is 3. The van der Waals surface area contributed by atoms with Gasteiger partial charge in [0.15, 0.2) is 18.2 Å².